The fourth-order valence-corrected chi connectivity index (χ4v) is 2.54. The second-order valence-electron chi connectivity index (χ2n) is 7.64. The molecule has 0 aromatic carbocycles. The molecule has 4 nitrogen and oxygen atoms in total. The zero-order chi connectivity index (χ0) is 16.1. The summed E-state index contributed by atoms with van der Waals surface area (Å²) in [4.78, 5) is 13.8. The molecular formula is C16H30N2O2S. The van der Waals surface area contributed by atoms with E-state index in [1.165, 1.54) is 0 Å². The van der Waals surface area contributed by atoms with Crippen LogP contribution in [0.25, 0.3) is 0 Å². The van der Waals surface area contributed by atoms with Gasteiger partial charge < -0.3 is 9.64 Å². The molecule has 0 aromatic heterocycles. The summed E-state index contributed by atoms with van der Waals surface area (Å²) < 4.78 is 10.0. The van der Waals surface area contributed by atoms with Crippen molar-refractivity contribution in [2.45, 2.75) is 71.2 Å². The summed E-state index contributed by atoms with van der Waals surface area (Å²) in [6.45, 7) is 13.8. The highest BCUT2D eigenvalue weighted by molar-refractivity contribution is 7.99. The molecular weight excluding hydrogens is 284 g/mol. The first-order valence-electron chi connectivity index (χ1n) is 7.75. The fraction of sp³-hybridized carbons (Fsp3) is 0.875. The number of amides is 1. The maximum absolute atomic E-state index is 12.0. The largest absolute Gasteiger partial charge is 0.444 e. The number of carbonyl (C=O) groups excluding carboxylic acids is 1. The topological polar surface area (TPSA) is 41.9 Å². The van der Waals surface area contributed by atoms with Gasteiger partial charge in [0.15, 0.2) is 0 Å². The third kappa shape index (κ3) is 8.34. The molecule has 0 aromatic rings. The van der Waals surface area contributed by atoms with Crippen LogP contribution in [0.4, 0.5) is 4.79 Å². The highest BCUT2D eigenvalue weighted by Gasteiger charge is 2.26. The van der Waals surface area contributed by atoms with Crippen molar-refractivity contribution >= 4 is 24.3 Å². The fourth-order valence-electron chi connectivity index (χ4n) is 2.07. The minimum atomic E-state index is -0.412. The third-order valence-electron chi connectivity index (χ3n) is 3.11. The Labute approximate surface area is 133 Å². The number of nitrogens with zero attached hydrogens (tertiary/aromatic N) is 2. The van der Waals surface area contributed by atoms with Crippen molar-refractivity contribution in [1.82, 2.24) is 4.90 Å². The minimum Gasteiger partial charge on any atom is -0.444 e. The molecule has 1 heterocycles. The van der Waals surface area contributed by atoms with E-state index in [1.807, 2.05) is 31.9 Å². The number of hydrogen-bond acceptors (Lipinski definition) is 4. The summed E-state index contributed by atoms with van der Waals surface area (Å²) in [7, 11) is 0. The highest BCUT2D eigenvalue weighted by atomic mass is 32.2. The Hall–Kier alpha value is -0.710. The van der Waals surface area contributed by atoms with E-state index in [4.69, 9.17) is 4.74 Å². The molecule has 0 saturated carbocycles. The van der Waals surface area contributed by atoms with Gasteiger partial charge in [-0.25, -0.2) is 9.19 Å². The summed E-state index contributed by atoms with van der Waals surface area (Å²) >= 11 is 1.62. The second kappa shape index (κ2) is 7.52. The molecule has 0 bridgehead atoms. The van der Waals surface area contributed by atoms with Crippen molar-refractivity contribution in [3.63, 3.8) is 0 Å². The zero-order valence-corrected chi connectivity index (χ0v) is 15.1. The number of ether oxygens (including phenoxy) is 1. The standard InChI is InChI=1S/C16H30N2O2S/c1-15(2,3)20-14(19)18-11-8-13(9-12-18)7-10-17-21-16(4,5)6/h10,13H,7-9,11-12H2,1-6H3/b17-10+. The first-order chi connectivity index (χ1) is 9.57. The van der Waals surface area contributed by atoms with Gasteiger partial charge in [0, 0.05) is 24.1 Å². The van der Waals surface area contributed by atoms with Crippen molar-refractivity contribution in [3.8, 4) is 0 Å². The Balaban J connectivity index is 2.28. The van der Waals surface area contributed by atoms with Gasteiger partial charge in [0.1, 0.15) is 5.60 Å². The van der Waals surface area contributed by atoms with Crippen LogP contribution < -0.4 is 0 Å². The van der Waals surface area contributed by atoms with E-state index in [2.05, 4.69) is 25.2 Å². The third-order valence-corrected chi connectivity index (χ3v) is 3.91. The van der Waals surface area contributed by atoms with Gasteiger partial charge in [-0.3, -0.25) is 0 Å². The molecule has 0 unspecified atom stereocenters. The molecule has 1 amide bonds. The number of rotatable bonds is 3. The lowest BCUT2D eigenvalue weighted by molar-refractivity contribution is 0.0187. The molecule has 5 heteroatoms. The van der Waals surface area contributed by atoms with Gasteiger partial charge in [0.05, 0.1) is 0 Å². The van der Waals surface area contributed by atoms with Crippen molar-refractivity contribution < 1.29 is 9.53 Å². The van der Waals surface area contributed by atoms with Crippen LogP contribution in [-0.2, 0) is 4.74 Å². The van der Waals surface area contributed by atoms with Gasteiger partial charge in [0.2, 0.25) is 0 Å². The molecule has 1 saturated heterocycles. The lowest BCUT2D eigenvalue weighted by Crippen LogP contribution is -2.41. The van der Waals surface area contributed by atoms with Crippen LogP contribution in [0.3, 0.4) is 0 Å². The average molecular weight is 314 g/mol. The molecule has 0 atom stereocenters. The first-order valence-corrected chi connectivity index (χ1v) is 8.52. The van der Waals surface area contributed by atoms with Crippen LogP contribution in [0.5, 0.6) is 0 Å². The van der Waals surface area contributed by atoms with E-state index in [0.29, 0.717) is 5.92 Å². The molecule has 1 aliphatic heterocycles. The van der Waals surface area contributed by atoms with Gasteiger partial charge in [-0.2, -0.15) is 0 Å². The zero-order valence-electron chi connectivity index (χ0n) is 14.3. The van der Waals surface area contributed by atoms with Gasteiger partial charge in [-0.05, 0) is 78.7 Å². The van der Waals surface area contributed by atoms with E-state index < -0.39 is 5.60 Å². The van der Waals surface area contributed by atoms with Crippen LogP contribution in [0.2, 0.25) is 0 Å². The van der Waals surface area contributed by atoms with Crippen LogP contribution >= 0.6 is 11.9 Å². The number of piperidine rings is 1. The summed E-state index contributed by atoms with van der Waals surface area (Å²) in [5, 5.41) is 0. The quantitative estimate of drug-likeness (QED) is 0.567. The minimum absolute atomic E-state index is 0.177. The van der Waals surface area contributed by atoms with E-state index in [1.54, 1.807) is 11.9 Å². The van der Waals surface area contributed by atoms with Gasteiger partial charge in [-0.1, -0.05) is 0 Å². The summed E-state index contributed by atoms with van der Waals surface area (Å²) in [5.41, 5.74) is -0.412. The maximum atomic E-state index is 12.0. The molecule has 122 valence electrons. The summed E-state index contributed by atoms with van der Waals surface area (Å²) in [6, 6.07) is 0. The summed E-state index contributed by atoms with van der Waals surface area (Å²) in [5.74, 6) is 0.632. The lowest BCUT2D eigenvalue weighted by Gasteiger charge is -2.33. The molecule has 0 radical (unpaired) electrons. The van der Waals surface area contributed by atoms with Crippen molar-refractivity contribution in [2.24, 2.45) is 10.3 Å². The molecule has 0 spiro atoms. The smallest absolute Gasteiger partial charge is 0.410 e. The van der Waals surface area contributed by atoms with Crippen molar-refractivity contribution in [2.75, 3.05) is 13.1 Å². The number of hydrogen-bond donors (Lipinski definition) is 0. The van der Waals surface area contributed by atoms with Crippen LogP contribution in [0, 0.1) is 5.92 Å². The second-order valence-corrected chi connectivity index (χ2v) is 9.26. The van der Waals surface area contributed by atoms with Crippen LogP contribution in [0.1, 0.15) is 60.8 Å². The SMILES string of the molecule is CC(C)(C)OC(=O)N1CCC(C/C=N/SC(C)(C)C)CC1. The van der Waals surface area contributed by atoms with Crippen LogP contribution in [-0.4, -0.2) is 40.6 Å². The first kappa shape index (κ1) is 18.3. The number of likely N-dealkylation sites (tertiary alicyclic amines) is 1. The van der Waals surface area contributed by atoms with Gasteiger partial charge >= 0.3 is 6.09 Å². The Morgan fingerprint density at radius 3 is 2.29 bits per heavy atom. The predicted octanol–water partition coefficient (Wildman–Crippen LogP) is 4.54. The number of carbonyl (C=O) groups is 1. The molecule has 1 aliphatic rings. The Morgan fingerprint density at radius 1 is 1.24 bits per heavy atom. The van der Waals surface area contributed by atoms with Crippen molar-refractivity contribution in [1.29, 1.82) is 0 Å². The van der Waals surface area contributed by atoms with Crippen molar-refractivity contribution in [3.05, 3.63) is 0 Å². The molecule has 1 fully saturated rings. The summed E-state index contributed by atoms with van der Waals surface area (Å²) in [6.07, 6.45) is 4.92. The Kier molecular flexibility index (Phi) is 6.57. The highest BCUT2D eigenvalue weighted by Crippen LogP contribution is 2.25. The van der Waals surface area contributed by atoms with E-state index in [0.717, 1.165) is 32.4 Å². The monoisotopic (exact) mass is 314 g/mol. The Bertz CT molecular complexity index is 361. The maximum Gasteiger partial charge on any atom is 0.410 e. The molecule has 0 aliphatic carbocycles. The Morgan fingerprint density at radius 2 is 1.81 bits per heavy atom. The molecule has 21 heavy (non-hydrogen) atoms. The molecule has 0 N–H and O–H groups in total. The van der Waals surface area contributed by atoms with E-state index in [9.17, 15) is 4.79 Å². The lowest BCUT2D eigenvalue weighted by atomic mass is 9.94. The predicted molar refractivity (Wildman–Crippen MR) is 91.0 cm³/mol. The van der Waals surface area contributed by atoms with E-state index >= 15 is 0 Å². The average Bonchev–Trinajstić information content (AvgIpc) is 2.32. The normalized spacial score (nSPS) is 18.3. The van der Waals surface area contributed by atoms with Crippen LogP contribution in [0.15, 0.2) is 4.40 Å². The van der Waals surface area contributed by atoms with Gasteiger partial charge in [0.25, 0.3) is 0 Å². The molecule has 1 rings (SSSR count). The van der Waals surface area contributed by atoms with E-state index in [-0.39, 0.29) is 10.8 Å². The van der Waals surface area contributed by atoms with Gasteiger partial charge in [-0.15, -0.1) is 0 Å².